The Morgan fingerprint density at radius 1 is 1.24 bits per heavy atom. The van der Waals surface area contributed by atoms with Crippen molar-refractivity contribution in [3.05, 3.63) is 52.5 Å². The first kappa shape index (κ1) is 18.6. The highest BCUT2D eigenvalue weighted by atomic mass is 35.5. The lowest BCUT2D eigenvalue weighted by Crippen LogP contribution is -2.32. The van der Waals surface area contributed by atoms with E-state index < -0.39 is 11.9 Å². The lowest BCUT2D eigenvalue weighted by Gasteiger charge is -2.17. The first-order valence-corrected chi connectivity index (χ1v) is 8.01. The van der Waals surface area contributed by atoms with Crippen molar-refractivity contribution < 1.29 is 14.3 Å². The van der Waals surface area contributed by atoms with Crippen molar-refractivity contribution in [3.8, 4) is 5.75 Å². The average Bonchev–Trinajstić information content (AvgIpc) is 2.58. The second kappa shape index (κ2) is 7.90. The first-order chi connectivity index (χ1) is 11.8. The predicted molar refractivity (Wildman–Crippen MR) is 99.4 cm³/mol. The monoisotopic (exact) mass is 361 g/mol. The number of halogens is 1. The first-order valence-electron chi connectivity index (χ1n) is 7.63. The van der Waals surface area contributed by atoms with E-state index in [9.17, 15) is 9.59 Å². The fourth-order valence-electron chi connectivity index (χ4n) is 2.25. The number of nitrogens with one attached hydrogen (secondary N) is 2. The Kier molecular flexibility index (Phi) is 5.88. The molecule has 2 aromatic rings. The van der Waals surface area contributed by atoms with Gasteiger partial charge in [-0.15, -0.1) is 0 Å². The summed E-state index contributed by atoms with van der Waals surface area (Å²) in [5.74, 6) is -0.307. The van der Waals surface area contributed by atoms with E-state index in [0.29, 0.717) is 27.7 Å². The Labute approximate surface area is 151 Å². The molecule has 6 nitrogen and oxygen atoms in total. The van der Waals surface area contributed by atoms with Crippen molar-refractivity contribution >= 4 is 34.8 Å². The summed E-state index contributed by atoms with van der Waals surface area (Å²) in [4.78, 5) is 23.7. The van der Waals surface area contributed by atoms with Gasteiger partial charge in [0.05, 0.1) is 12.8 Å². The van der Waals surface area contributed by atoms with Gasteiger partial charge in [-0.1, -0.05) is 17.7 Å². The summed E-state index contributed by atoms with van der Waals surface area (Å²) in [6, 6.07) is 9.50. The fraction of sp³-hybridized carbons (Fsp3) is 0.222. The normalized spacial score (nSPS) is 11.5. The largest absolute Gasteiger partial charge is 0.495 e. The molecule has 0 saturated heterocycles. The van der Waals surface area contributed by atoms with Crippen molar-refractivity contribution in [2.45, 2.75) is 19.9 Å². The van der Waals surface area contributed by atoms with Crippen LogP contribution in [0.2, 0.25) is 5.02 Å². The molecule has 132 valence electrons. The molecule has 0 bridgehead atoms. The molecule has 2 aromatic carbocycles. The molecule has 2 amide bonds. The van der Waals surface area contributed by atoms with Crippen LogP contribution < -0.4 is 21.1 Å². The van der Waals surface area contributed by atoms with Crippen molar-refractivity contribution in [1.82, 2.24) is 0 Å². The molecule has 0 radical (unpaired) electrons. The van der Waals surface area contributed by atoms with Gasteiger partial charge in [0.15, 0.2) is 0 Å². The molecule has 4 N–H and O–H groups in total. The van der Waals surface area contributed by atoms with Crippen LogP contribution in [0.4, 0.5) is 11.4 Å². The maximum absolute atomic E-state index is 12.4. The van der Waals surface area contributed by atoms with Crippen LogP contribution in [0.1, 0.15) is 22.8 Å². The number of carbonyl (C=O) groups excluding carboxylic acids is 2. The molecular formula is C18H20ClN3O3. The van der Waals surface area contributed by atoms with Crippen LogP contribution in [0.25, 0.3) is 0 Å². The Bertz CT molecular complexity index is 808. The molecule has 7 heteroatoms. The van der Waals surface area contributed by atoms with E-state index in [1.165, 1.54) is 7.11 Å². The average molecular weight is 362 g/mol. The highest BCUT2D eigenvalue weighted by molar-refractivity contribution is 6.31. The van der Waals surface area contributed by atoms with Gasteiger partial charge in [-0.25, -0.2) is 0 Å². The lowest BCUT2D eigenvalue weighted by atomic mass is 10.1. The summed E-state index contributed by atoms with van der Waals surface area (Å²) in [6.07, 6.45) is 0. The van der Waals surface area contributed by atoms with Gasteiger partial charge in [-0.05, 0) is 43.7 Å². The molecule has 0 saturated carbocycles. The van der Waals surface area contributed by atoms with Gasteiger partial charge in [0.2, 0.25) is 11.8 Å². The quantitative estimate of drug-likeness (QED) is 0.736. The van der Waals surface area contributed by atoms with Crippen LogP contribution in [0.3, 0.4) is 0 Å². The van der Waals surface area contributed by atoms with E-state index in [4.69, 9.17) is 22.1 Å². The number of aryl methyl sites for hydroxylation is 1. The topological polar surface area (TPSA) is 93.4 Å². The zero-order valence-electron chi connectivity index (χ0n) is 14.2. The SMILES string of the molecule is COc1cc(Cl)c(C)cc1NC(=O)C(C)Nc1cccc(C(N)=O)c1. The number of methoxy groups -OCH3 is 1. The number of benzene rings is 2. The lowest BCUT2D eigenvalue weighted by molar-refractivity contribution is -0.116. The van der Waals surface area contributed by atoms with Crippen LogP contribution in [0.15, 0.2) is 36.4 Å². The summed E-state index contributed by atoms with van der Waals surface area (Å²) in [5.41, 5.74) is 7.62. The smallest absolute Gasteiger partial charge is 0.248 e. The minimum Gasteiger partial charge on any atom is -0.495 e. The number of carbonyl (C=O) groups is 2. The summed E-state index contributed by atoms with van der Waals surface area (Å²) < 4.78 is 5.25. The number of nitrogens with two attached hydrogens (primary N) is 1. The standard InChI is InChI=1S/C18H20ClN3O3/c1-10-7-15(16(25-3)9-14(10)19)22-18(24)11(2)21-13-6-4-5-12(8-13)17(20)23/h4-9,11,21H,1-3H3,(H2,20,23)(H,22,24). The zero-order chi connectivity index (χ0) is 18.6. The number of anilines is 2. The van der Waals surface area contributed by atoms with Gasteiger partial charge in [0.25, 0.3) is 0 Å². The molecule has 1 atom stereocenters. The minimum absolute atomic E-state index is 0.260. The second-order valence-electron chi connectivity index (χ2n) is 5.60. The Balaban J connectivity index is 2.12. The third-order valence-electron chi connectivity index (χ3n) is 3.66. The van der Waals surface area contributed by atoms with Gasteiger partial charge in [0.1, 0.15) is 11.8 Å². The van der Waals surface area contributed by atoms with Crippen LogP contribution in [-0.4, -0.2) is 25.0 Å². The third-order valence-corrected chi connectivity index (χ3v) is 4.07. The maximum Gasteiger partial charge on any atom is 0.248 e. The van der Waals surface area contributed by atoms with E-state index in [1.54, 1.807) is 43.3 Å². The van der Waals surface area contributed by atoms with E-state index >= 15 is 0 Å². The van der Waals surface area contributed by atoms with Gasteiger partial charge in [-0.3, -0.25) is 9.59 Å². The minimum atomic E-state index is -0.552. The summed E-state index contributed by atoms with van der Waals surface area (Å²) in [7, 11) is 1.51. The second-order valence-corrected chi connectivity index (χ2v) is 6.01. The van der Waals surface area contributed by atoms with Crippen molar-refractivity contribution in [2.75, 3.05) is 17.7 Å². The predicted octanol–water partition coefficient (Wildman–Crippen LogP) is 3.20. The van der Waals surface area contributed by atoms with Crippen LogP contribution >= 0.6 is 11.6 Å². The Morgan fingerprint density at radius 3 is 2.60 bits per heavy atom. The van der Waals surface area contributed by atoms with Crippen molar-refractivity contribution in [3.63, 3.8) is 0 Å². The molecule has 0 aliphatic carbocycles. The molecule has 1 unspecified atom stereocenters. The van der Waals surface area contributed by atoms with Crippen molar-refractivity contribution in [1.29, 1.82) is 0 Å². The maximum atomic E-state index is 12.4. The number of amides is 2. The van der Waals surface area contributed by atoms with Gasteiger partial charge in [0, 0.05) is 22.3 Å². The molecular weight excluding hydrogens is 342 g/mol. The van der Waals surface area contributed by atoms with Crippen LogP contribution in [0, 0.1) is 6.92 Å². The number of hydrogen-bond acceptors (Lipinski definition) is 4. The molecule has 2 rings (SSSR count). The number of ether oxygens (including phenoxy) is 1. The van der Waals surface area contributed by atoms with Gasteiger partial charge < -0.3 is 21.1 Å². The molecule has 0 aromatic heterocycles. The zero-order valence-corrected chi connectivity index (χ0v) is 15.0. The molecule has 0 spiro atoms. The van der Waals surface area contributed by atoms with Gasteiger partial charge in [-0.2, -0.15) is 0 Å². The fourth-order valence-corrected chi connectivity index (χ4v) is 2.40. The summed E-state index contributed by atoms with van der Waals surface area (Å²) in [5, 5.41) is 6.40. The molecule has 0 aliphatic rings. The summed E-state index contributed by atoms with van der Waals surface area (Å²) in [6.45, 7) is 3.55. The molecule has 0 fully saturated rings. The Morgan fingerprint density at radius 2 is 1.96 bits per heavy atom. The highest BCUT2D eigenvalue weighted by Gasteiger charge is 2.16. The van der Waals surface area contributed by atoms with Gasteiger partial charge >= 0.3 is 0 Å². The number of primary amides is 1. The molecule has 0 aliphatic heterocycles. The van der Waals surface area contributed by atoms with E-state index in [0.717, 1.165) is 5.56 Å². The number of rotatable bonds is 6. The Hall–Kier alpha value is -2.73. The number of hydrogen-bond donors (Lipinski definition) is 3. The van der Waals surface area contributed by atoms with E-state index in [2.05, 4.69) is 10.6 Å². The van der Waals surface area contributed by atoms with Crippen molar-refractivity contribution in [2.24, 2.45) is 5.73 Å². The van der Waals surface area contributed by atoms with Crippen LogP contribution in [-0.2, 0) is 4.79 Å². The van der Waals surface area contributed by atoms with E-state index in [1.807, 2.05) is 6.92 Å². The third kappa shape index (κ3) is 4.64. The summed E-state index contributed by atoms with van der Waals surface area (Å²) >= 11 is 6.07. The molecule has 0 heterocycles. The molecule has 25 heavy (non-hydrogen) atoms. The van der Waals surface area contributed by atoms with Crippen LogP contribution in [0.5, 0.6) is 5.75 Å². The highest BCUT2D eigenvalue weighted by Crippen LogP contribution is 2.31. The van der Waals surface area contributed by atoms with E-state index in [-0.39, 0.29) is 5.91 Å².